The molecule has 2 rings (SSSR count). The second-order valence-corrected chi connectivity index (χ2v) is 3.86. The van der Waals surface area contributed by atoms with Gasteiger partial charge in [-0.1, -0.05) is 25.1 Å². The fourth-order valence-corrected chi connectivity index (χ4v) is 2.38. The molecule has 1 atom stereocenters. The summed E-state index contributed by atoms with van der Waals surface area (Å²) in [4.78, 5) is 0. The molecule has 2 saturated carbocycles. The molecule has 1 spiro atoms. The summed E-state index contributed by atoms with van der Waals surface area (Å²) < 4.78 is 0. The Hall–Kier alpha value is 0.0649. The zero-order valence-corrected chi connectivity index (χ0v) is 5.90. The minimum Gasteiger partial charge on any atom is -0.0768 e. The molecule has 9 heavy (non-hydrogen) atoms. The Labute approximate surface area is 58.4 Å². The summed E-state index contributed by atoms with van der Waals surface area (Å²) in [5.74, 6) is 0.547. The van der Waals surface area contributed by atoms with Gasteiger partial charge in [-0.05, 0) is 24.7 Å². The van der Waals surface area contributed by atoms with E-state index in [1.165, 1.54) is 38.5 Å². The molecule has 2 fully saturated rings. The van der Waals surface area contributed by atoms with Crippen molar-refractivity contribution in [1.82, 2.24) is 0 Å². The summed E-state index contributed by atoms with van der Waals surface area (Å²) >= 11 is 0. The fourth-order valence-electron chi connectivity index (χ4n) is 2.38. The van der Waals surface area contributed by atoms with E-state index in [-0.39, 0.29) is 0 Å². The Morgan fingerprint density at radius 2 is 2.00 bits per heavy atom. The van der Waals surface area contributed by atoms with Crippen LogP contribution in [0, 0.1) is 5.41 Å². The van der Waals surface area contributed by atoms with Crippen molar-refractivity contribution in [2.45, 2.75) is 44.3 Å². The van der Waals surface area contributed by atoms with Crippen LogP contribution in [0.15, 0.2) is 0 Å². The Balaban J connectivity index is 1.99. The fraction of sp³-hybridized carbons (Fsp3) is 1.00. The van der Waals surface area contributed by atoms with Crippen molar-refractivity contribution >= 4 is 7.85 Å². The highest BCUT2D eigenvalue weighted by molar-refractivity contribution is 6.11. The highest BCUT2D eigenvalue weighted by Crippen LogP contribution is 2.55. The molecule has 2 aliphatic carbocycles. The van der Waals surface area contributed by atoms with Gasteiger partial charge in [-0.3, -0.25) is 0 Å². The Kier molecular flexibility index (Phi) is 1.15. The molecule has 48 valence electrons. The third-order valence-electron chi connectivity index (χ3n) is 3.15. The smallest absolute Gasteiger partial charge is 0.0699 e. The monoisotopic (exact) mass is 120 g/mol. The van der Waals surface area contributed by atoms with E-state index < -0.39 is 0 Å². The molecule has 0 heterocycles. The van der Waals surface area contributed by atoms with Crippen molar-refractivity contribution in [3.8, 4) is 0 Å². The molecule has 2 aliphatic rings. The lowest BCUT2D eigenvalue weighted by molar-refractivity contribution is 0.144. The van der Waals surface area contributed by atoms with Gasteiger partial charge in [-0.25, -0.2) is 0 Å². The number of hydrogen-bond donors (Lipinski definition) is 0. The van der Waals surface area contributed by atoms with Crippen LogP contribution in [0.4, 0.5) is 0 Å². The quantitative estimate of drug-likeness (QED) is 0.430. The van der Waals surface area contributed by atoms with Crippen LogP contribution in [0.2, 0.25) is 5.82 Å². The van der Waals surface area contributed by atoms with Crippen molar-refractivity contribution in [3.63, 3.8) is 0 Å². The van der Waals surface area contributed by atoms with Gasteiger partial charge in [0.15, 0.2) is 0 Å². The number of hydrogen-bond acceptors (Lipinski definition) is 0. The van der Waals surface area contributed by atoms with Gasteiger partial charge in [0, 0.05) is 0 Å². The van der Waals surface area contributed by atoms with E-state index >= 15 is 0 Å². The minimum absolute atomic E-state index is 0.547. The minimum atomic E-state index is 0.547. The maximum absolute atomic E-state index is 5.82. The molecular formula is C8H13B. The van der Waals surface area contributed by atoms with Gasteiger partial charge in [0.25, 0.3) is 0 Å². The van der Waals surface area contributed by atoms with E-state index in [4.69, 9.17) is 7.85 Å². The van der Waals surface area contributed by atoms with Crippen molar-refractivity contribution in [1.29, 1.82) is 0 Å². The van der Waals surface area contributed by atoms with Gasteiger partial charge in [0.05, 0.1) is 7.85 Å². The van der Waals surface area contributed by atoms with E-state index in [0.29, 0.717) is 5.82 Å². The van der Waals surface area contributed by atoms with Crippen LogP contribution < -0.4 is 0 Å². The van der Waals surface area contributed by atoms with Gasteiger partial charge in [0.2, 0.25) is 0 Å². The summed E-state index contributed by atoms with van der Waals surface area (Å²) in [5.41, 5.74) is 0.763. The third kappa shape index (κ3) is 0.816. The molecule has 1 heteroatoms. The maximum Gasteiger partial charge on any atom is 0.0699 e. The van der Waals surface area contributed by atoms with Crippen molar-refractivity contribution in [2.75, 3.05) is 0 Å². The Morgan fingerprint density at radius 3 is 2.22 bits per heavy atom. The third-order valence-corrected chi connectivity index (χ3v) is 3.15. The summed E-state index contributed by atoms with van der Waals surface area (Å²) in [5, 5.41) is 0. The summed E-state index contributed by atoms with van der Waals surface area (Å²) in [6.45, 7) is 0. The lowest BCUT2D eigenvalue weighted by Crippen LogP contribution is -2.25. The average Bonchev–Trinajstić information content (AvgIpc) is 2.09. The topological polar surface area (TPSA) is 0 Å². The first-order valence-corrected chi connectivity index (χ1v) is 4.06. The van der Waals surface area contributed by atoms with E-state index in [0.717, 1.165) is 5.41 Å². The predicted octanol–water partition coefficient (Wildman–Crippen LogP) is 2.30. The molecule has 2 radical (unpaired) electrons. The second-order valence-electron chi connectivity index (χ2n) is 3.86. The van der Waals surface area contributed by atoms with Crippen LogP contribution >= 0.6 is 0 Å². The molecule has 1 unspecified atom stereocenters. The van der Waals surface area contributed by atoms with Gasteiger partial charge in [-0.15, -0.1) is 0 Å². The molecule has 0 nitrogen and oxygen atoms in total. The lowest BCUT2D eigenvalue weighted by atomic mass is 9.66. The predicted molar refractivity (Wildman–Crippen MR) is 39.6 cm³/mol. The van der Waals surface area contributed by atoms with Gasteiger partial charge < -0.3 is 0 Å². The highest BCUT2D eigenvalue weighted by atomic mass is 14.5. The zero-order chi connectivity index (χ0) is 6.32. The molecule has 0 N–H and O–H groups in total. The first-order valence-electron chi connectivity index (χ1n) is 4.06. The molecule has 0 saturated heterocycles. The van der Waals surface area contributed by atoms with Crippen LogP contribution in [-0.2, 0) is 0 Å². The summed E-state index contributed by atoms with van der Waals surface area (Å²) in [7, 11) is 5.82. The normalized spacial score (nSPS) is 38.9. The van der Waals surface area contributed by atoms with Crippen LogP contribution in [0.1, 0.15) is 38.5 Å². The summed E-state index contributed by atoms with van der Waals surface area (Å²) in [6.07, 6.45) is 8.45. The maximum atomic E-state index is 5.82. The van der Waals surface area contributed by atoms with Crippen molar-refractivity contribution in [3.05, 3.63) is 0 Å². The average molecular weight is 120 g/mol. The van der Waals surface area contributed by atoms with Gasteiger partial charge >= 0.3 is 0 Å². The number of rotatable bonds is 0. The lowest BCUT2D eigenvalue weighted by Gasteiger charge is -2.38. The molecule has 0 aromatic rings. The molecular weight excluding hydrogens is 107 g/mol. The zero-order valence-electron chi connectivity index (χ0n) is 5.90. The van der Waals surface area contributed by atoms with Crippen LogP contribution in [-0.4, -0.2) is 7.85 Å². The van der Waals surface area contributed by atoms with E-state index in [1.54, 1.807) is 0 Å². The van der Waals surface area contributed by atoms with Crippen LogP contribution in [0.3, 0.4) is 0 Å². The summed E-state index contributed by atoms with van der Waals surface area (Å²) in [6, 6.07) is 0. The largest absolute Gasteiger partial charge is 0.0768 e. The van der Waals surface area contributed by atoms with E-state index in [2.05, 4.69) is 0 Å². The van der Waals surface area contributed by atoms with E-state index in [1.807, 2.05) is 0 Å². The first-order chi connectivity index (χ1) is 4.31. The Bertz CT molecular complexity index is 116. The molecule has 0 aliphatic heterocycles. The standard InChI is InChI=1S/C8H13B/c9-7-2-5-8(6-7)3-1-4-8/h7H,1-6H2. The first kappa shape index (κ1) is 5.82. The van der Waals surface area contributed by atoms with Crippen molar-refractivity contribution in [2.24, 2.45) is 5.41 Å². The SMILES string of the molecule is [B]C1CCC2(CCC2)C1. The van der Waals surface area contributed by atoms with Crippen LogP contribution in [0.5, 0.6) is 0 Å². The molecule has 0 aromatic carbocycles. The highest BCUT2D eigenvalue weighted by Gasteiger charge is 2.41. The molecule has 0 aromatic heterocycles. The molecule has 0 bridgehead atoms. The van der Waals surface area contributed by atoms with Crippen LogP contribution in [0.25, 0.3) is 0 Å². The van der Waals surface area contributed by atoms with Crippen molar-refractivity contribution < 1.29 is 0 Å². The molecule has 0 amide bonds. The van der Waals surface area contributed by atoms with Gasteiger partial charge in [0.1, 0.15) is 0 Å². The Morgan fingerprint density at radius 1 is 1.22 bits per heavy atom. The second kappa shape index (κ2) is 1.77. The van der Waals surface area contributed by atoms with E-state index in [9.17, 15) is 0 Å². The van der Waals surface area contributed by atoms with Gasteiger partial charge in [-0.2, -0.15) is 0 Å².